The van der Waals surface area contributed by atoms with E-state index < -0.39 is 0 Å². The molecule has 3 rings (SSSR count). The zero-order chi connectivity index (χ0) is 21.9. The van der Waals surface area contributed by atoms with Crippen LogP contribution in [0.5, 0.6) is 0 Å². The number of benzene rings is 3. The molecule has 6 heteroatoms. The zero-order valence-electron chi connectivity index (χ0n) is 16.9. The van der Waals surface area contributed by atoms with Crippen LogP contribution >= 0.6 is 0 Å². The fourth-order valence-corrected chi connectivity index (χ4v) is 2.81. The van der Waals surface area contributed by atoms with Crippen molar-refractivity contribution >= 4 is 17.7 Å². The van der Waals surface area contributed by atoms with E-state index in [4.69, 9.17) is 0 Å². The second-order valence-corrected chi connectivity index (χ2v) is 6.70. The summed E-state index contributed by atoms with van der Waals surface area (Å²) in [6, 6.07) is 26.4. The first-order chi connectivity index (χ1) is 15.1. The van der Waals surface area contributed by atoms with Crippen LogP contribution in [0.25, 0.3) is 0 Å². The van der Waals surface area contributed by atoms with E-state index in [0.29, 0.717) is 28.8 Å². The standard InChI is InChI=1S/C25H23N3O3/c29-23(19-10-4-1-5-11-19)26-17-16-22(28-25(31)21-14-8-3-9-15-21)18-27-24(30)20-12-6-2-7-13-20/h1-15,18H,16-17H2,(H,26,29)(H,27,30)(H,28,31)/b22-18+. The summed E-state index contributed by atoms with van der Waals surface area (Å²) in [6.07, 6.45) is 1.79. The Bertz CT molecular complexity index is 1050. The van der Waals surface area contributed by atoms with E-state index in [0.717, 1.165) is 0 Å². The van der Waals surface area contributed by atoms with Crippen molar-refractivity contribution in [2.24, 2.45) is 0 Å². The Labute approximate surface area is 181 Å². The van der Waals surface area contributed by atoms with E-state index in [1.807, 2.05) is 18.2 Å². The van der Waals surface area contributed by atoms with E-state index in [1.54, 1.807) is 72.8 Å². The molecule has 0 heterocycles. The molecule has 3 aromatic carbocycles. The van der Waals surface area contributed by atoms with Crippen molar-refractivity contribution in [2.75, 3.05) is 6.54 Å². The first-order valence-electron chi connectivity index (χ1n) is 9.88. The molecule has 31 heavy (non-hydrogen) atoms. The van der Waals surface area contributed by atoms with Gasteiger partial charge in [-0.3, -0.25) is 14.4 Å². The summed E-state index contributed by atoms with van der Waals surface area (Å²) in [7, 11) is 0. The van der Waals surface area contributed by atoms with Crippen LogP contribution < -0.4 is 16.0 Å². The highest BCUT2D eigenvalue weighted by Crippen LogP contribution is 2.04. The summed E-state index contributed by atoms with van der Waals surface area (Å²) in [5.74, 6) is -0.793. The molecule has 0 spiro atoms. The van der Waals surface area contributed by atoms with E-state index in [-0.39, 0.29) is 24.3 Å². The van der Waals surface area contributed by atoms with Crippen molar-refractivity contribution in [1.29, 1.82) is 0 Å². The monoisotopic (exact) mass is 413 g/mol. The van der Waals surface area contributed by atoms with Crippen LogP contribution in [-0.2, 0) is 0 Å². The molecule has 0 unspecified atom stereocenters. The maximum absolute atomic E-state index is 12.5. The molecular formula is C25H23N3O3. The first-order valence-corrected chi connectivity index (χ1v) is 9.88. The number of hydrogen-bond acceptors (Lipinski definition) is 3. The third kappa shape index (κ3) is 6.68. The fraction of sp³-hybridized carbons (Fsp3) is 0.0800. The predicted octanol–water partition coefficient (Wildman–Crippen LogP) is 3.51. The summed E-state index contributed by atoms with van der Waals surface area (Å²) < 4.78 is 0. The Kier molecular flexibility index (Phi) is 7.71. The Hall–Kier alpha value is -4.19. The van der Waals surface area contributed by atoms with Gasteiger partial charge in [-0.1, -0.05) is 54.6 Å². The summed E-state index contributed by atoms with van der Waals surface area (Å²) in [5.41, 5.74) is 2.03. The van der Waals surface area contributed by atoms with Crippen LogP contribution in [0.4, 0.5) is 0 Å². The largest absolute Gasteiger partial charge is 0.352 e. The Morgan fingerprint density at radius 3 is 1.58 bits per heavy atom. The number of rotatable bonds is 8. The molecule has 0 radical (unpaired) electrons. The molecule has 0 saturated carbocycles. The molecule has 3 amide bonds. The molecule has 0 fully saturated rings. The first kappa shape index (κ1) is 21.5. The Balaban J connectivity index is 1.65. The molecule has 3 aromatic rings. The van der Waals surface area contributed by atoms with Gasteiger partial charge in [0.05, 0.1) is 0 Å². The molecule has 156 valence electrons. The third-order valence-electron chi connectivity index (χ3n) is 4.44. The number of carbonyl (C=O) groups is 3. The molecule has 0 aromatic heterocycles. The van der Waals surface area contributed by atoms with Crippen LogP contribution in [0.15, 0.2) is 103 Å². The fourth-order valence-electron chi connectivity index (χ4n) is 2.81. The van der Waals surface area contributed by atoms with Gasteiger partial charge in [-0.2, -0.15) is 0 Å². The van der Waals surface area contributed by atoms with Crippen LogP contribution in [-0.4, -0.2) is 24.3 Å². The SMILES string of the molecule is O=C(N/C=C(\CCNC(=O)c1ccccc1)NC(=O)c1ccccc1)c1ccccc1. The minimum atomic E-state index is -0.296. The van der Waals surface area contributed by atoms with Crippen LogP contribution in [0.3, 0.4) is 0 Å². The highest BCUT2D eigenvalue weighted by Gasteiger charge is 2.10. The van der Waals surface area contributed by atoms with Crippen molar-refractivity contribution in [3.63, 3.8) is 0 Å². The lowest BCUT2D eigenvalue weighted by Crippen LogP contribution is -2.30. The highest BCUT2D eigenvalue weighted by molar-refractivity contribution is 5.96. The molecule has 0 atom stereocenters. The highest BCUT2D eigenvalue weighted by atomic mass is 16.2. The minimum absolute atomic E-state index is 0.206. The lowest BCUT2D eigenvalue weighted by molar-refractivity contribution is 0.0946. The second-order valence-electron chi connectivity index (χ2n) is 6.70. The molecule has 0 aliphatic heterocycles. The molecule has 0 saturated heterocycles. The van der Waals surface area contributed by atoms with Gasteiger partial charge in [0.25, 0.3) is 17.7 Å². The maximum Gasteiger partial charge on any atom is 0.255 e. The summed E-state index contributed by atoms with van der Waals surface area (Å²) >= 11 is 0. The Morgan fingerprint density at radius 1 is 0.613 bits per heavy atom. The second kappa shape index (κ2) is 11.1. The van der Waals surface area contributed by atoms with Gasteiger partial charge in [0.1, 0.15) is 0 Å². The van der Waals surface area contributed by atoms with Gasteiger partial charge in [0, 0.05) is 41.6 Å². The lowest BCUT2D eigenvalue weighted by Gasteiger charge is -2.12. The predicted molar refractivity (Wildman–Crippen MR) is 119 cm³/mol. The lowest BCUT2D eigenvalue weighted by atomic mass is 10.2. The van der Waals surface area contributed by atoms with Gasteiger partial charge in [-0.05, 0) is 36.4 Å². The number of hydrogen-bond donors (Lipinski definition) is 3. The van der Waals surface area contributed by atoms with Crippen LogP contribution in [0, 0.1) is 0 Å². The molecular weight excluding hydrogens is 390 g/mol. The van der Waals surface area contributed by atoms with Gasteiger partial charge in [-0.15, -0.1) is 0 Å². The van der Waals surface area contributed by atoms with Crippen molar-refractivity contribution in [3.8, 4) is 0 Å². The average Bonchev–Trinajstić information content (AvgIpc) is 2.83. The van der Waals surface area contributed by atoms with Gasteiger partial charge < -0.3 is 16.0 Å². The molecule has 0 bridgehead atoms. The van der Waals surface area contributed by atoms with Gasteiger partial charge in [0.15, 0.2) is 0 Å². The quantitative estimate of drug-likeness (QED) is 0.528. The average molecular weight is 413 g/mol. The third-order valence-corrected chi connectivity index (χ3v) is 4.44. The minimum Gasteiger partial charge on any atom is -0.352 e. The van der Waals surface area contributed by atoms with Crippen LogP contribution in [0.2, 0.25) is 0 Å². The van der Waals surface area contributed by atoms with E-state index in [9.17, 15) is 14.4 Å². The summed E-state index contributed by atoms with van der Waals surface area (Å²) in [5, 5.41) is 8.33. The summed E-state index contributed by atoms with van der Waals surface area (Å²) in [4.78, 5) is 37.1. The maximum atomic E-state index is 12.5. The molecule has 3 N–H and O–H groups in total. The molecule has 0 aliphatic rings. The zero-order valence-corrected chi connectivity index (χ0v) is 16.9. The van der Waals surface area contributed by atoms with Crippen molar-refractivity contribution in [3.05, 3.63) is 120 Å². The normalized spacial score (nSPS) is 10.8. The van der Waals surface area contributed by atoms with Crippen LogP contribution in [0.1, 0.15) is 37.5 Å². The van der Waals surface area contributed by atoms with E-state index in [1.165, 1.54) is 6.20 Å². The van der Waals surface area contributed by atoms with Crippen molar-refractivity contribution < 1.29 is 14.4 Å². The van der Waals surface area contributed by atoms with Gasteiger partial charge >= 0.3 is 0 Å². The number of nitrogens with one attached hydrogen (secondary N) is 3. The molecule has 0 aliphatic carbocycles. The molecule has 6 nitrogen and oxygen atoms in total. The van der Waals surface area contributed by atoms with Crippen molar-refractivity contribution in [1.82, 2.24) is 16.0 Å². The van der Waals surface area contributed by atoms with E-state index in [2.05, 4.69) is 16.0 Å². The van der Waals surface area contributed by atoms with E-state index >= 15 is 0 Å². The van der Waals surface area contributed by atoms with Crippen molar-refractivity contribution in [2.45, 2.75) is 6.42 Å². The van der Waals surface area contributed by atoms with Gasteiger partial charge in [-0.25, -0.2) is 0 Å². The smallest absolute Gasteiger partial charge is 0.255 e. The Morgan fingerprint density at radius 2 is 1.06 bits per heavy atom. The topological polar surface area (TPSA) is 87.3 Å². The summed E-state index contributed by atoms with van der Waals surface area (Å²) in [6.45, 7) is 0.288. The number of carbonyl (C=O) groups excluding carboxylic acids is 3. The van der Waals surface area contributed by atoms with Gasteiger partial charge in [0.2, 0.25) is 0 Å². The number of amides is 3.